The van der Waals surface area contributed by atoms with Gasteiger partial charge in [-0.1, -0.05) is 0 Å². The van der Waals surface area contributed by atoms with E-state index in [2.05, 4.69) is 5.32 Å². The van der Waals surface area contributed by atoms with Gasteiger partial charge in [0.1, 0.15) is 11.5 Å². The number of esters is 1. The lowest BCUT2D eigenvalue weighted by atomic mass is 10.0. The van der Waals surface area contributed by atoms with E-state index in [0.717, 1.165) is 0 Å². The Morgan fingerprint density at radius 3 is 2.50 bits per heavy atom. The lowest BCUT2D eigenvalue weighted by molar-refractivity contribution is -0.145. The Balaban J connectivity index is 2.33. The number of carboxylic acids is 1. The molecule has 2 aromatic carbocycles. The Labute approximate surface area is 162 Å². The van der Waals surface area contributed by atoms with E-state index in [0.29, 0.717) is 17.0 Å². The minimum atomic E-state index is -1.18. The Morgan fingerprint density at radius 2 is 1.93 bits per heavy atom. The van der Waals surface area contributed by atoms with E-state index in [1.54, 1.807) is 37.3 Å². The van der Waals surface area contributed by atoms with E-state index in [-0.39, 0.29) is 24.5 Å². The number of carbonyl (C=O) groups is 2. The van der Waals surface area contributed by atoms with Crippen LogP contribution >= 0.6 is 0 Å². The molecule has 8 heteroatoms. The number of ether oxygens (including phenoxy) is 3. The van der Waals surface area contributed by atoms with Gasteiger partial charge in [-0.15, -0.1) is 0 Å². The van der Waals surface area contributed by atoms with Crippen molar-refractivity contribution < 1.29 is 28.9 Å². The van der Waals surface area contributed by atoms with Crippen molar-refractivity contribution in [3.63, 3.8) is 0 Å². The van der Waals surface area contributed by atoms with Gasteiger partial charge in [0, 0.05) is 11.3 Å². The summed E-state index contributed by atoms with van der Waals surface area (Å²) < 4.78 is 15.5. The zero-order chi connectivity index (χ0) is 20.5. The molecule has 1 unspecified atom stereocenters. The fraction of sp³-hybridized carbons (Fsp3) is 0.250. The molecular weight excluding hydrogens is 364 g/mol. The molecule has 0 saturated heterocycles. The van der Waals surface area contributed by atoms with Gasteiger partial charge in [-0.05, 0) is 49.4 Å². The molecule has 0 aliphatic rings. The first-order valence-corrected chi connectivity index (χ1v) is 8.44. The van der Waals surface area contributed by atoms with E-state index in [9.17, 15) is 14.7 Å². The van der Waals surface area contributed by atoms with Crippen molar-refractivity contribution in [1.29, 1.82) is 5.26 Å². The van der Waals surface area contributed by atoms with Crippen molar-refractivity contribution in [1.82, 2.24) is 0 Å². The second-order valence-corrected chi connectivity index (χ2v) is 5.60. The van der Waals surface area contributed by atoms with Crippen LogP contribution in [-0.2, 0) is 14.3 Å². The van der Waals surface area contributed by atoms with Crippen LogP contribution < -0.4 is 14.8 Å². The van der Waals surface area contributed by atoms with Gasteiger partial charge < -0.3 is 24.6 Å². The molecule has 28 heavy (non-hydrogen) atoms. The summed E-state index contributed by atoms with van der Waals surface area (Å²) in [6.45, 7) is 1.55. The summed E-state index contributed by atoms with van der Waals surface area (Å²) in [7, 11) is 1.46. The van der Waals surface area contributed by atoms with E-state index in [4.69, 9.17) is 19.5 Å². The lowest BCUT2D eigenvalue weighted by Gasteiger charge is -2.20. The van der Waals surface area contributed by atoms with Gasteiger partial charge in [-0.2, -0.15) is 5.26 Å². The molecule has 0 radical (unpaired) electrons. The molecule has 0 amide bonds. The molecule has 0 heterocycles. The van der Waals surface area contributed by atoms with Gasteiger partial charge in [-0.25, -0.2) is 9.59 Å². The molecule has 146 valence electrons. The number of nitrogens with zero attached hydrogens (tertiary/aromatic N) is 1. The van der Waals surface area contributed by atoms with Crippen LogP contribution in [0.4, 0.5) is 5.69 Å². The number of nitriles is 1. The summed E-state index contributed by atoms with van der Waals surface area (Å²) in [6, 6.07) is 11.8. The highest BCUT2D eigenvalue weighted by atomic mass is 16.6. The Morgan fingerprint density at radius 1 is 1.21 bits per heavy atom. The Bertz CT molecular complexity index is 873. The molecule has 2 rings (SSSR count). The smallest absolute Gasteiger partial charge is 0.344 e. The topological polar surface area (TPSA) is 118 Å². The number of methoxy groups -OCH3 is 1. The summed E-state index contributed by atoms with van der Waals surface area (Å²) in [5, 5.41) is 21.5. The quantitative estimate of drug-likeness (QED) is 0.634. The van der Waals surface area contributed by atoms with Crippen molar-refractivity contribution in [2.75, 3.05) is 25.6 Å². The molecule has 0 aliphatic heterocycles. The fourth-order valence-corrected chi connectivity index (χ4v) is 2.43. The minimum absolute atomic E-state index is 0.211. The Kier molecular flexibility index (Phi) is 7.22. The first kappa shape index (κ1) is 20.6. The second kappa shape index (κ2) is 9.83. The second-order valence-electron chi connectivity index (χ2n) is 5.60. The van der Waals surface area contributed by atoms with E-state index in [1.807, 2.05) is 6.07 Å². The predicted molar refractivity (Wildman–Crippen MR) is 100 cm³/mol. The van der Waals surface area contributed by atoms with Gasteiger partial charge in [-0.3, -0.25) is 0 Å². The fourth-order valence-electron chi connectivity index (χ4n) is 2.43. The van der Waals surface area contributed by atoms with Gasteiger partial charge in [0.2, 0.25) is 0 Å². The highest BCUT2D eigenvalue weighted by molar-refractivity contribution is 5.81. The molecule has 0 saturated carbocycles. The summed E-state index contributed by atoms with van der Waals surface area (Å²) in [5.41, 5.74) is 1.24. The van der Waals surface area contributed by atoms with Crippen LogP contribution in [-0.4, -0.2) is 37.4 Å². The maximum atomic E-state index is 11.9. The van der Waals surface area contributed by atoms with Gasteiger partial charge >= 0.3 is 11.9 Å². The third-order valence-corrected chi connectivity index (χ3v) is 3.75. The molecule has 0 aromatic heterocycles. The highest BCUT2D eigenvalue weighted by Gasteiger charge is 2.25. The first-order chi connectivity index (χ1) is 13.5. The summed E-state index contributed by atoms with van der Waals surface area (Å²) >= 11 is 0. The van der Waals surface area contributed by atoms with Crippen LogP contribution in [0.3, 0.4) is 0 Å². The Hall–Kier alpha value is -3.73. The monoisotopic (exact) mass is 384 g/mol. The van der Waals surface area contributed by atoms with Crippen molar-refractivity contribution in [3.05, 3.63) is 53.6 Å². The number of carboxylic acid groups (broad SMARTS) is 1. The lowest BCUT2D eigenvalue weighted by Crippen LogP contribution is -2.22. The number of hydrogen-bond acceptors (Lipinski definition) is 7. The number of anilines is 1. The third-order valence-electron chi connectivity index (χ3n) is 3.75. The van der Waals surface area contributed by atoms with Crippen molar-refractivity contribution in [2.45, 2.75) is 13.0 Å². The van der Waals surface area contributed by atoms with Gasteiger partial charge in [0.25, 0.3) is 0 Å². The first-order valence-electron chi connectivity index (χ1n) is 8.44. The SMILES string of the molecule is CCOC(=O)COc1ccc(OC)cc1C(Nc1ccc(C#N)cc1)C(=O)O. The molecular formula is C20H20N2O6. The average Bonchev–Trinajstić information content (AvgIpc) is 2.71. The molecule has 1 atom stereocenters. The molecule has 0 aliphatic carbocycles. The highest BCUT2D eigenvalue weighted by Crippen LogP contribution is 2.32. The molecule has 2 aromatic rings. The number of benzene rings is 2. The number of rotatable bonds is 9. The van der Waals surface area contributed by atoms with Crippen LogP contribution in [0.5, 0.6) is 11.5 Å². The predicted octanol–water partition coefficient (Wildman–Crippen LogP) is 2.75. The normalized spacial score (nSPS) is 11.0. The van der Waals surface area contributed by atoms with Crippen LogP contribution in [0.25, 0.3) is 0 Å². The zero-order valence-electron chi connectivity index (χ0n) is 15.5. The van der Waals surface area contributed by atoms with Crippen molar-refractivity contribution in [3.8, 4) is 17.6 Å². The van der Waals surface area contributed by atoms with Crippen LogP contribution in [0.1, 0.15) is 24.1 Å². The van der Waals surface area contributed by atoms with Gasteiger partial charge in [0.15, 0.2) is 12.6 Å². The molecule has 8 nitrogen and oxygen atoms in total. The average molecular weight is 384 g/mol. The van der Waals surface area contributed by atoms with Crippen LogP contribution in [0.2, 0.25) is 0 Å². The zero-order valence-corrected chi connectivity index (χ0v) is 15.5. The largest absolute Gasteiger partial charge is 0.497 e. The summed E-state index contributed by atoms with van der Waals surface area (Å²) in [5.74, 6) is -1.07. The third kappa shape index (κ3) is 5.38. The number of carbonyl (C=O) groups excluding carboxylic acids is 1. The summed E-state index contributed by atoms with van der Waals surface area (Å²) in [4.78, 5) is 23.5. The van der Waals surface area contributed by atoms with E-state index in [1.165, 1.54) is 19.2 Å². The van der Waals surface area contributed by atoms with Gasteiger partial charge in [0.05, 0.1) is 25.3 Å². The van der Waals surface area contributed by atoms with Crippen molar-refractivity contribution in [2.24, 2.45) is 0 Å². The summed E-state index contributed by atoms with van der Waals surface area (Å²) in [6.07, 6.45) is 0. The van der Waals surface area contributed by atoms with Crippen LogP contribution in [0, 0.1) is 11.3 Å². The van der Waals surface area contributed by atoms with Crippen molar-refractivity contribution >= 4 is 17.6 Å². The van der Waals surface area contributed by atoms with E-state index < -0.39 is 18.0 Å². The number of nitrogens with one attached hydrogen (secondary N) is 1. The maximum Gasteiger partial charge on any atom is 0.344 e. The van der Waals surface area contributed by atoms with Crippen LogP contribution in [0.15, 0.2) is 42.5 Å². The maximum absolute atomic E-state index is 11.9. The minimum Gasteiger partial charge on any atom is -0.497 e. The molecule has 0 fully saturated rings. The molecule has 0 bridgehead atoms. The number of hydrogen-bond donors (Lipinski definition) is 2. The van der Waals surface area contributed by atoms with E-state index >= 15 is 0 Å². The molecule has 2 N–H and O–H groups in total. The standard InChI is InChI=1S/C20H20N2O6/c1-3-27-18(23)12-28-17-9-8-15(26-2)10-16(17)19(20(24)25)22-14-6-4-13(11-21)5-7-14/h4-10,19,22H,3,12H2,1-2H3,(H,24,25). The molecule has 0 spiro atoms. The number of aliphatic carboxylic acids is 1.